The molecule has 31 heavy (non-hydrogen) atoms. The van der Waals surface area contributed by atoms with Gasteiger partial charge in [0.2, 0.25) is 15.9 Å². The summed E-state index contributed by atoms with van der Waals surface area (Å²) < 4.78 is 70.8. The lowest BCUT2D eigenvalue weighted by Crippen LogP contribution is -2.42. The van der Waals surface area contributed by atoms with E-state index in [1.165, 1.54) is 50.2 Å². The van der Waals surface area contributed by atoms with E-state index in [0.717, 1.165) is 18.2 Å². The van der Waals surface area contributed by atoms with Crippen LogP contribution in [-0.2, 0) is 25.7 Å². The van der Waals surface area contributed by atoms with Gasteiger partial charge in [-0.25, -0.2) is 13.2 Å². The van der Waals surface area contributed by atoms with Crippen LogP contribution in [0.2, 0.25) is 0 Å². The van der Waals surface area contributed by atoms with Crippen molar-refractivity contribution in [3.05, 3.63) is 54.1 Å². The van der Waals surface area contributed by atoms with E-state index < -0.39 is 44.7 Å². The van der Waals surface area contributed by atoms with E-state index in [1.54, 1.807) is 0 Å². The molecule has 2 N–H and O–H groups in total. The molecule has 168 valence electrons. The van der Waals surface area contributed by atoms with Gasteiger partial charge >= 0.3 is 12.3 Å². The SMILES string of the molecule is COC(=O)N(C)c1ccc(NC(=O)[C@H](C)NS(=O)(=O)c2ccccc2C(F)(F)F)cc1. The molecule has 0 radical (unpaired) electrons. The van der Waals surface area contributed by atoms with E-state index in [2.05, 4.69) is 10.1 Å². The molecule has 0 bridgehead atoms. The average molecular weight is 459 g/mol. The fourth-order valence-electron chi connectivity index (χ4n) is 2.55. The Bertz CT molecular complexity index is 1060. The Morgan fingerprint density at radius 3 is 2.19 bits per heavy atom. The topological polar surface area (TPSA) is 105 Å². The highest BCUT2D eigenvalue weighted by atomic mass is 32.2. The fraction of sp³-hybridized carbons (Fsp3) is 0.263. The minimum Gasteiger partial charge on any atom is -0.452 e. The van der Waals surface area contributed by atoms with Gasteiger partial charge in [-0.3, -0.25) is 9.69 Å². The van der Waals surface area contributed by atoms with Gasteiger partial charge in [0.1, 0.15) is 0 Å². The third kappa shape index (κ3) is 5.95. The first-order chi connectivity index (χ1) is 14.4. The number of alkyl halides is 3. The first-order valence-corrected chi connectivity index (χ1v) is 10.3. The van der Waals surface area contributed by atoms with Crippen LogP contribution in [0.1, 0.15) is 12.5 Å². The van der Waals surface area contributed by atoms with Crippen molar-refractivity contribution in [2.45, 2.75) is 24.0 Å². The number of nitrogens with zero attached hydrogens (tertiary/aromatic N) is 1. The van der Waals surface area contributed by atoms with Crippen LogP contribution >= 0.6 is 0 Å². The number of rotatable bonds is 6. The summed E-state index contributed by atoms with van der Waals surface area (Å²) in [5.74, 6) is -0.790. The third-order valence-electron chi connectivity index (χ3n) is 4.18. The molecule has 0 fully saturated rings. The zero-order chi connectivity index (χ0) is 23.4. The number of nitrogens with one attached hydrogen (secondary N) is 2. The lowest BCUT2D eigenvalue weighted by atomic mass is 10.2. The maximum absolute atomic E-state index is 13.1. The Hall–Kier alpha value is -3.12. The first-order valence-electron chi connectivity index (χ1n) is 8.78. The van der Waals surface area contributed by atoms with Crippen LogP contribution in [0.4, 0.5) is 29.3 Å². The summed E-state index contributed by atoms with van der Waals surface area (Å²) in [6, 6.07) is 8.27. The molecule has 0 aliphatic heterocycles. The Labute approximate surface area is 177 Å². The number of anilines is 2. The summed E-state index contributed by atoms with van der Waals surface area (Å²) in [5, 5.41) is 2.45. The Morgan fingerprint density at radius 2 is 1.65 bits per heavy atom. The number of benzene rings is 2. The number of hydrogen-bond donors (Lipinski definition) is 2. The summed E-state index contributed by atoms with van der Waals surface area (Å²) in [5.41, 5.74) is -0.573. The number of hydrogen-bond acceptors (Lipinski definition) is 5. The molecule has 0 saturated carbocycles. The van der Waals surface area contributed by atoms with E-state index in [-0.39, 0.29) is 5.69 Å². The number of carbonyl (C=O) groups is 2. The standard InChI is InChI=1S/C19H20F3N3O5S/c1-12(24-31(28,29)16-7-5-4-6-15(16)19(20,21)22)17(26)23-13-8-10-14(11-9-13)25(2)18(27)30-3/h4-12,24H,1-3H3,(H,23,26)/t12-/m0/s1. The maximum atomic E-state index is 13.1. The molecule has 0 aromatic heterocycles. The molecule has 2 rings (SSSR count). The van der Waals surface area contributed by atoms with Crippen molar-refractivity contribution in [2.24, 2.45) is 0 Å². The average Bonchev–Trinajstić information content (AvgIpc) is 2.72. The predicted molar refractivity (Wildman–Crippen MR) is 107 cm³/mol. The lowest BCUT2D eigenvalue weighted by Gasteiger charge is -2.18. The van der Waals surface area contributed by atoms with Crippen LogP contribution in [0.15, 0.2) is 53.4 Å². The van der Waals surface area contributed by atoms with Crippen molar-refractivity contribution in [3.8, 4) is 0 Å². The number of ether oxygens (including phenoxy) is 1. The van der Waals surface area contributed by atoms with Crippen molar-refractivity contribution in [2.75, 3.05) is 24.4 Å². The first kappa shape index (κ1) is 24.2. The molecule has 0 aliphatic rings. The van der Waals surface area contributed by atoms with Gasteiger partial charge in [-0.1, -0.05) is 12.1 Å². The lowest BCUT2D eigenvalue weighted by molar-refractivity contribution is -0.139. The van der Waals surface area contributed by atoms with Crippen molar-refractivity contribution in [3.63, 3.8) is 0 Å². The van der Waals surface area contributed by atoms with Crippen LogP contribution in [0, 0.1) is 0 Å². The highest BCUT2D eigenvalue weighted by molar-refractivity contribution is 7.89. The molecule has 0 spiro atoms. The molecule has 2 aromatic carbocycles. The maximum Gasteiger partial charge on any atom is 0.417 e. The van der Waals surface area contributed by atoms with E-state index in [0.29, 0.717) is 11.8 Å². The zero-order valence-electron chi connectivity index (χ0n) is 16.7. The Morgan fingerprint density at radius 1 is 1.06 bits per heavy atom. The van der Waals surface area contributed by atoms with Crippen LogP contribution in [0.3, 0.4) is 0 Å². The van der Waals surface area contributed by atoms with E-state index in [9.17, 15) is 31.2 Å². The Balaban J connectivity index is 2.12. The highest BCUT2D eigenvalue weighted by Gasteiger charge is 2.37. The smallest absolute Gasteiger partial charge is 0.417 e. The molecule has 0 heterocycles. The number of halogens is 3. The fourth-order valence-corrected chi connectivity index (χ4v) is 3.98. The molecule has 0 saturated heterocycles. The second kappa shape index (κ2) is 9.35. The predicted octanol–water partition coefficient (Wildman–Crippen LogP) is 3.21. The molecular weight excluding hydrogens is 439 g/mol. The summed E-state index contributed by atoms with van der Waals surface area (Å²) in [7, 11) is -1.92. The zero-order valence-corrected chi connectivity index (χ0v) is 17.5. The van der Waals surface area contributed by atoms with Gasteiger partial charge in [-0.15, -0.1) is 0 Å². The monoisotopic (exact) mass is 459 g/mol. The van der Waals surface area contributed by atoms with Gasteiger partial charge in [0.15, 0.2) is 0 Å². The van der Waals surface area contributed by atoms with Gasteiger partial charge in [0, 0.05) is 18.4 Å². The van der Waals surface area contributed by atoms with Crippen molar-refractivity contribution in [1.82, 2.24) is 4.72 Å². The number of amides is 2. The number of sulfonamides is 1. The van der Waals surface area contributed by atoms with E-state index in [4.69, 9.17) is 0 Å². The molecule has 2 aromatic rings. The quantitative estimate of drug-likeness (QED) is 0.690. The molecular formula is C19H20F3N3O5S. The van der Waals surface area contributed by atoms with Crippen molar-refractivity contribution in [1.29, 1.82) is 0 Å². The van der Waals surface area contributed by atoms with Gasteiger partial charge in [0.05, 0.1) is 23.6 Å². The third-order valence-corrected chi connectivity index (χ3v) is 5.78. The summed E-state index contributed by atoms with van der Waals surface area (Å²) in [4.78, 5) is 24.1. The second-order valence-electron chi connectivity index (χ2n) is 6.40. The Kier molecular flexibility index (Phi) is 7.28. The summed E-state index contributed by atoms with van der Waals surface area (Å²) >= 11 is 0. The van der Waals surface area contributed by atoms with Crippen molar-refractivity contribution >= 4 is 33.4 Å². The molecule has 12 heteroatoms. The number of carbonyl (C=O) groups excluding carboxylic acids is 2. The normalized spacial score (nSPS) is 12.7. The summed E-state index contributed by atoms with van der Waals surface area (Å²) in [6.07, 6.45) is -5.48. The molecule has 2 amide bonds. The minimum absolute atomic E-state index is 0.286. The second-order valence-corrected chi connectivity index (χ2v) is 8.08. The van der Waals surface area contributed by atoms with Crippen molar-refractivity contribution < 1.29 is 35.9 Å². The summed E-state index contributed by atoms with van der Waals surface area (Å²) in [6.45, 7) is 1.20. The number of methoxy groups -OCH3 is 1. The molecule has 1 atom stereocenters. The van der Waals surface area contributed by atoms with Gasteiger partial charge in [0.25, 0.3) is 0 Å². The highest BCUT2D eigenvalue weighted by Crippen LogP contribution is 2.33. The molecule has 0 unspecified atom stereocenters. The molecule has 8 nitrogen and oxygen atoms in total. The van der Waals surface area contributed by atoms with Crippen LogP contribution < -0.4 is 14.9 Å². The molecule has 0 aliphatic carbocycles. The van der Waals surface area contributed by atoms with Crippen LogP contribution in [0.5, 0.6) is 0 Å². The van der Waals surface area contributed by atoms with Crippen LogP contribution in [-0.4, -0.2) is 40.6 Å². The minimum atomic E-state index is -4.88. The van der Waals surface area contributed by atoms with Gasteiger partial charge < -0.3 is 10.1 Å². The van der Waals surface area contributed by atoms with E-state index >= 15 is 0 Å². The van der Waals surface area contributed by atoms with Gasteiger partial charge in [-0.2, -0.15) is 17.9 Å². The largest absolute Gasteiger partial charge is 0.452 e. The van der Waals surface area contributed by atoms with Gasteiger partial charge in [-0.05, 0) is 43.3 Å². The van der Waals surface area contributed by atoms with E-state index in [1.807, 2.05) is 4.72 Å². The van der Waals surface area contributed by atoms with Crippen LogP contribution in [0.25, 0.3) is 0 Å².